The van der Waals surface area contributed by atoms with Crippen LogP contribution in [0.4, 0.5) is 0 Å². The quantitative estimate of drug-likeness (QED) is 0.0404. The molecule has 33 heteroatoms. The highest BCUT2D eigenvalue weighted by molar-refractivity contribution is 5.93. The van der Waals surface area contributed by atoms with E-state index >= 15 is 0 Å². The van der Waals surface area contributed by atoms with Crippen molar-refractivity contribution in [2.45, 2.75) is 179 Å². The van der Waals surface area contributed by atoms with Gasteiger partial charge in [-0.3, -0.25) is 28.8 Å². The molecule has 8 unspecified atom stereocenters. The number of amides is 3. The Morgan fingerprint density at radius 1 is 0.472 bits per heavy atom. The topological polar surface area (TPSA) is 570 Å². The van der Waals surface area contributed by atoms with Crippen molar-refractivity contribution in [3.8, 4) is 0 Å². The number of nitrogens with one attached hydrogen (secondary N) is 3. The molecular weight excluding hydrogens is 982 g/mol. The maximum atomic E-state index is 13.7. The van der Waals surface area contributed by atoms with Crippen LogP contribution in [0.2, 0.25) is 0 Å². The monoisotopic (exact) mass is 1050 g/mol. The fourth-order valence-electron chi connectivity index (χ4n) is 8.15. The summed E-state index contributed by atoms with van der Waals surface area (Å²) in [5.41, 5.74) is 24.2. The SMILES string of the molecule is NC1[C@H](O[C@@H]2C(CO)O[C@@H](O[C@@H]3C(CO)O[C@@H](O[C@@H]4C(CO)O[C@@H](O)C(NC(=O)[C@H](CCC(=O)O)NC(=O)[C@H](CCC(=O)O)NC(=O)[C@@H](N)CCC(=O)O)[C@H]4O)C(N)[C@H]3O)C(N)[C@H]2O)OC(CO)[C@@H](O)[C@@H]1O. The summed E-state index contributed by atoms with van der Waals surface area (Å²) in [4.78, 5) is 73.7. The van der Waals surface area contributed by atoms with Crippen molar-refractivity contribution in [2.24, 2.45) is 22.9 Å². The number of nitrogens with two attached hydrogens (primary N) is 4. The number of aliphatic carboxylic acids is 3. The summed E-state index contributed by atoms with van der Waals surface area (Å²) in [7, 11) is 0. The Balaban J connectivity index is 1.47. The Morgan fingerprint density at radius 2 is 0.833 bits per heavy atom. The van der Waals surface area contributed by atoms with Crippen LogP contribution >= 0.6 is 0 Å². The van der Waals surface area contributed by atoms with E-state index in [1.165, 1.54) is 0 Å². The predicted octanol–water partition coefficient (Wildman–Crippen LogP) is -11.8. The van der Waals surface area contributed by atoms with Crippen LogP contribution in [0.15, 0.2) is 0 Å². The normalized spacial score (nSPS) is 38.4. The lowest BCUT2D eigenvalue weighted by Gasteiger charge is -2.49. The smallest absolute Gasteiger partial charge is 0.303 e. The first-order chi connectivity index (χ1) is 33.9. The van der Waals surface area contributed by atoms with Crippen molar-refractivity contribution in [1.29, 1.82) is 0 Å². The van der Waals surface area contributed by atoms with E-state index in [2.05, 4.69) is 16.0 Å². The molecule has 414 valence electrons. The van der Waals surface area contributed by atoms with Gasteiger partial charge in [0.25, 0.3) is 0 Å². The second-order valence-corrected chi connectivity index (χ2v) is 17.5. The third-order valence-corrected chi connectivity index (χ3v) is 12.4. The number of carboxylic acids is 3. The zero-order valence-electron chi connectivity index (χ0n) is 38.3. The Hall–Kier alpha value is -4.02. The van der Waals surface area contributed by atoms with Crippen LogP contribution in [-0.4, -0.2) is 269 Å². The van der Waals surface area contributed by atoms with Crippen molar-refractivity contribution < 1.29 is 128 Å². The Kier molecular flexibility index (Phi) is 23.1. The van der Waals surface area contributed by atoms with Gasteiger partial charge in [0.05, 0.1) is 50.6 Å². The lowest BCUT2D eigenvalue weighted by molar-refractivity contribution is -0.359. The van der Waals surface area contributed by atoms with Crippen molar-refractivity contribution >= 4 is 35.6 Å². The van der Waals surface area contributed by atoms with Crippen molar-refractivity contribution in [1.82, 2.24) is 16.0 Å². The summed E-state index contributed by atoms with van der Waals surface area (Å²) in [5, 5.41) is 140. The van der Waals surface area contributed by atoms with Gasteiger partial charge in [0.2, 0.25) is 17.7 Å². The van der Waals surface area contributed by atoms with Crippen molar-refractivity contribution in [3.63, 3.8) is 0 Å². The van der Waals surface area contributed by atoms with Crippen molar-refractivity contribution in [3.05, 3.63) is 0 Å². The molecule has 3 amide bonds. The van der Waals surface area contributed by atoms with E-state index in [0.717, 1.165) is 0 Å². The van der Waals surface area contributed by atoms with Crippen LogP contribution in [-0.2, 0) is 61.9 Å². The minimum absolute atomic E-state index is 0.378. The van der Waals surface area contributed by atoms with Gasteiger partial charge in [-0.25, -0.2) is 0 Å². The Morgan fingerprint density at radius 3 is 1.26 bits per heavy atom. The predicted molar refractivity (Wildman–Crippen MR) is 228 cm³/mol. The second kappa shape index (κ2) is 27.5. The summed E-state index contributed by atoms with van der Waals surface area (Å²) < 4.78 is 39.8. The summed E-state index contributed by atoms with van der Waals surface area (Å²) in [5.74, 6) is -7.73. The largest absolute Gasteiger partial charge is 0.481 e. The molecule has 0 aromatic rings. The molecule has 4 aliphatic heterocycles. The number of ether oxygens (including phenoxy) is 7. The molecule has 0 saturated carbocycles. The molecule has 0 aromatic heterocycles. The maximum absolute atomic E-state index is 13.7. The number of carbonyl (C=O) groups is 6. The van der Waals surface area contributed by atoms with Gasteiger partial charge >= 0.3 is 17.9 Å². The number of carboxylic acid groups (broad SMARTS) is 3. The van der Waals surface area contributed by atoms with Crippen LogP contribution in [0, 0.1) is 0 Å². The lowest BCUT2D eigenvalue weighted by atomic mass is 9.94. The minimum Gasteiger partial charge on any atom is -0.481 e. The van der Waals surface area contributed by atoms with Crippen molar-refractivity contribution in [2.75, 3.05) is 26.4 Å². The molecule has 33 nitrogen and oxygen atoms in total. The highest BCUT2D eigenvalue weighted by Crippen LogP contribution is 2.33. The molecule has 0 radical (unpaired) electrons. The number of aliphatic hydroxyl groups excluding tert-OH is 10. The average Bonchev–Trinajstić information content (AvgIpc) is 3.33. The molecular formula is C39H67N7O26. The Labute approximate surface area is 408 Å². The van der Waals surface area contributed by atoms with E-state index in [0.29, 0.717) is 0 Å². The van der Waals surface area contributed by atoms with E-state index in [4.69, 9.17) is 61.2 Å². The highest BCUT2D eigenvalue weighted by Gasteiger charge is 2.55. The molecule has 4 heterocycles. The van der Waals surface area contributed by atoms with Crippen LogP contribution in [0.5, 0.6) is 0 Å². The van der Waals surface area contributed by atoms with Crippen LogP contribution in [0.25, 0.3) is 0 Å². The molecule has 0 bridgehead atoms. The number of rotatable bonds is 25. The molecule has 24 N–H and O–H groups in total. The number of aliphatic hydroxyl groups is 10. The van der Waals surface area contributed by atoms with E-state index in [-0.39, 0.29) is 6.42 Å². The van der Waals surface area contributed by atoms with E-state index in [9.17, 15) is 90.0 Å². The molecule has 23 atom stereocenters. The van der Waals surface area contributed by atoms with Gasteiger partial charge in [0.1, 0.15) is 91.4 Å². The molecule has 0 aliphatic carbocycles. The molecule has 72 heavy (non-hydrogen) atoms. The fourth-order valence-corrected chi connectivity index (χ4v) is 8.15. The third-order valence-electron chi connectivity index (χ3n) is 12.4. The third kappa shape index (κ3) is 15.3. The zero-order valence-corrected chi connectivity index (χ0v) is 38.3. The first kappa shape index (κ1) is 60.5. The van der Waals surface area contributed by atoms with E-state index in [1.54, 1.807) is 0 Å². The molecule has 4 rings (SSSR count). The second-order valence-electron chi connectivity index (χ2n) is 17.5. The van der Waals surface area contributed by atoms with Crippen LogP contribution in [0.3, 0.4) is 0 Å². The van der Waals surface area contributed by atoms with Gasteiger partial charge in [0, 0.05) is 19.3 Å². The standard InChI is InChI=1S/C39H67N7O26/c40-11(1-4-18(51)52)33(62)44-12(2-5-19(53)54)34(63)45-13(3-6-20(55)56)35(64)46-24-29(61)32(15(8-48)66-36(24)65)72-39-23(43)28(60)31(17(10-50)69-39)71-38-22(42)27(59)30(16(9-49)68-38)70-37-21(41)26(58)25(57)14(7-47)67-37/h11-17,21-32,36-39,47-50,57-61,65H,1-10,40-43H2,(H,44,62)(H,45,63)(H,46,64)(H,51,52)(H,53,54)(H,55,56)/t11-,12-,13-,14?,15?,16?,17?,21?,22?,23?,24?,25+,26+,27+,28+,29+,30+,31+,32+,36+,37-,38-,39-/m0/s1. The minimum atomic E-state index is -2.16. The first-order valence-electron chi connectivity index (χ1n) is 22.6. The van der Waals surface area contributed by atoms with Gasteiger partial charge in [-0.2, -0.15) is 0 Å². The van der Waals surface area contributed by atoms with E-state index < -0.39 is 235 Å². The fraction of sp³-hybridized carbons (Fsp3) is 0.846. The van der Waals surface area contributed by atoms with Gasteiger partial charge in [-0.05, 0) is 19.3 Å². The Bertz CT molecular complexity index is 1810. The van der Waals surface area contributed by atoms with Gasteiger partial charge in [-0.15, -0.1) is 0 Å². The highest BCUT2D eigenvalue weighted by atomic mass is 16.8. The summed E-state index contributed by atoms with van der Waals surface area (Å²) in [6.07, 6.45) is -31.1. The lowest BCUT2D eigenvalue weighted by Crippen LogP contribution is -2.70. The summed E-state index contributed by atoms with van der Waals surface area (Å²) in [6, 6.07) is -11.7. The van der Waals surface area contributed by atoms with Crippen LogP contribution < -0.4 is 38.9 Å². The van der Waals surface area contributed by atoms with Gasteiger partial charge in [0.15, 0.2) is 25.2 Å². The van der Waals surface area contributed by atoms with Gasteiger partial charge < -0.3 is 138 Å². The number of hydrogen-bond acceptors (Lipinski definition) is 27. The molecule has 4 fully saturated rings. The molecule has 0 spiro atoms. The molecule has 4 saturated heterocycles. The maximum Gasteiger partial charge on any atom is 0.303 e. The average molecular weight is 1050 g/mol. The van der Waals surface area contributed by atoms with Crippen LogP contribution in [0.1, 0.15) is 38.5 Å². The molecule has 0 aromatic carbocycles. The zero-order chi connectivity index (χ0) is 53.9. The first-order valence-corrected chi connectivity index (χ1v) is 22.6. The van der Waals surface area contributed by atoms with E-state index in [1.807, 2.05) is 0 Å². The summed E-state index contributed by atoms with van der Waals surface area (Å²) in [6.45, 7) is -3.58. The summed E-state index contributed by atoms with van der Waals surface area (Å²) >= 11 is 0. The van der Waals surface area contributed by atoms with Gasteiger partial charge in [-0.1, -0.05) is 0 Å². The number of carbonyl (C=O) groups excluding carboxylic acids is 3. The molecule has 4 aliphatic rings. The number of hydrogen-bond donors (Lipinski definition) is 20.